The lowest BCUT2D eigenvalue weighted by Crippen LogP contribution is -2.15. The average molecular weight is 440 g/mol. The van der Waals surface area contributed by atoms with Crippen LogP contribution in [0.1, 0.15) is 20.9 Å². The largest absolute Gasteiger partial charge is 0.380 e. The molecule has 0 atom stereocenters. The Morgan fingerprint density at radius 3 is 2.71 bits per heavy atom. The SMILES string of the molecule is COCc1c(C(=O)Nc2cc(C)nn2-c2ccc([N+](=O)[O-])cc2)sc2cccc(F)c12. The lowest BCUT2D eigenvalue weighted by Gasteiger charge is -2.09. The van der Waals surface area contributed by atoms with E-state index in [4.69, 9.17) is 4.74 Å². The fourth-order valence-electron chi connectivity index (χ4n) is 3.31. The van der Waals surface area contributed by atoms with Crippen molar-refractivity contribution in [3.05, 3.63) is 80.6 Å². The van der Waals surface area contributed by atoms with Crippen molar-refractivity contribution in [2.45, 2.75) is 13.5 Å². The second kappa shape index (κ2) is 8.25. The molecule has 2 aromatic carbocycles. The predicted molar refractivity (Wildman–Crippen MR) is 115 cm³/mol. The molecule has 0 aliphatic carbocycles. The van der Waals surface area contributed by atoms with E-state index in [-0.39, 0.29) is 12.3 Å². The molecule has 0 saturated carbocycles. The number of rotatable bonds is 6. The summed E-state index contributed by atoms with van der Waals surface area (Å²) >= 11 is 1.18. The number of anilines is 1. The zero-order valence-electron chi connectivity index (χ0n) is 16.6. The summed E-state index contributed by atoms with van der Waals surface area (Å²) in [7, 11) is 1.49. The number of amides is 1. The molecule has 4 aromatic rings. The van der Waals surface area contributed by atoms with Crippen molar-refractivity contribution in [1.29, 1.82) is 0 Å². The Kier molecular flexibility index (Phi) is 5.49. The Bertz CT molecular complexity index is 1300. The monoisotopic (exact) mass is 440 g/mol. The van der Waals surface area contributed by atoms with E-state index in [1.54, 1.807) is 37.3 Å². The van der Waals surface area contributed by atoms with Gasteiger partial charge in [0.1, 0.15) is 11.6 Å². The maximum absolute atomic E-state index is 14.4. The first-order chi connectivity index (χ1) is 14.9. The van der Waals surface area contributed by atoms with Crippen molar-refractivity contribution in [2.75, 3.05) is 12.4 Å². The van der Waals surface area contributed by atoms with Crippen molar-refractivity contribution < 1.29 is 18.8 Å². The number of ether oxygens (including phenoxy) is 1. The van der Waals surface area contributed by atoms with Crippen LogP contribution in [0.5, 0.6) is 0 Å². The van der Waals surface area contributed by atoms with E-state index in [1.807, 2.05) is 0 Å². The topological polar surface area (TPSA) is 99.3 Å². The van der Waals surface area contributed by atoms with Crippen molar-refractivity contribution in [3.8, 4) is 5.69 Å². The molecule has 31 heavy (non-hydrogen) atoms. The number of non-ortho nitro benzene ring substituents is 1. The molecule has 10 heteroatoms. The Balaban J connectivity index is 1.71. The Morgan fingerprint density at radius 1 is 1.29 bits per heavy atom. The van der Waals surface area contributed by atoms with Gasteiger partial charge >= 0.3 is 0 Å². The summed E-state index contributed by atoms with van der Waals surface area (Å²) in [6.45, 7) is 1.85. The van der Waals surface area contributed by atoms with Gasteiger partial charge in [-0.1, -0.05) is 6.07 Å². The van der Waals surface area contributed by atoms with Gasteiger partial charge in [-0.25, -0.2) is 9.07 Å². The molecular weight excluding hydrogens is 423 g/mol. The molecule has 2 aromatic heterocycles. The summed E-state index contributed by atoms with van der Waals surface area (Å²) in [6, 6.07) is 12.2. The minimum absolute atomic E-state index is 0.0466. The van der Waals surface area contributed by atoms with Crippen molar-refractivity contribution >= 4 is 38.8 Å². The number of aryl methyl sites for hydroxylation is 1. The molecule has 0 aliphatic rings. The van der Waals surface area contributed by atoms with Gasteiger partial charge in [0.2, 0.25) is 0 Å². The third-order valence-corrected chi connectivity index (χ3v) is 5.83. The molecule has 1 amide bonds. The highest BCUT2D eigenvalue weighted by molar-refractivity contribution is 7.21. The number of methoxy groups -OCH3 is 1. The second-order valence-electron chi connectivity index (χ2n) is 6.77. The van der Waals surface area contributed by atoms with Crippen LogP contribution in [0.4, 0.5) is 15.9 Å². The lowest BCUT2D eigenvalue weighted by molar-refractivity contribution is -0.384. The summed E-state index contributed by atoms with van der Waals surface area (Å²) in [5, 5.41) is 18.5. The Morgan fingerprint density at radius 2 is 2.03 bits per heavy atom. The molecule has 0 bridgehead atoms. The van der Waals surface area contributed by atoms with Gasteiger partial charge in [-0.05, 0) is 31.2 Å². The fourth-order valence-corrected chi connectivity index (χ4v) is 4.42. The van der Waals surface area contributed by atoms with E-state index in [0.717, 1.165) is 0 Å². The number of fused-ring (bicyclic) bond motifs is 1. The van der Waals surface area contributed by atoms with Gasteiger partial charge in [0.25, 0.3) is 11.6 Å². The van der Waals surface area contributed by atoms with Crippen LogP contribution in [0, 0.1) is 22.9 Å². The fraction of sp³-hybridized carbons (Fsp3) is 0.143. The van der Waals surface area contributed by atoms with E-state index in [1.165, 1.54) is 41.3 Å². The first kappa shape index (κ1) is 20.6. The zero-order valence-corrected chi connectivity index (χ0v) is 17.4. The van der Waals surface area contributed by atoms with Gasteiger partial charge in [-0.3, -0.25) is 14.9 Å². The summed E-state index contributed by atoms with van der Waals surface area (Å²) < 4.78 is 21.8. The van der Waals surface area contributed by atoms with Gasteiger partial charge in [0.15, 0.2) is 0 Å². The quantitative estimate of drug-likeness (QED) is 0.342. The van der Waals surface area contributed by atoms with Crippen LogP contribution < -0.4 is 5.32 Å². The molecule has 158 valence electrons. The maximum Gasteiger partial charge on any atom is 0.269 e. The molecule has 0 radical (unpaired) electrons. The molecular formula is C21H17FN4O4S. The number of hydrogen-bond acceptors (Lipinski definition) is 6. The van der Waals surface area contributed by atoms with Crippen LogP contribution in [0.15, 0.2) is 48.5 Å². The van der Waals surface area contributed by atoms with E-state index in [9.17, 15) is 19.3 Å². The number of hydrogen-bond donors (Lipinski definition) is 1. The number of benzene rings is 2. The van der Waals surface area contributed by atoms with Gasteiger partial charge in [0.05, 0.1) is 27.8 Å². The molecule has 2 heterocycles. The van der Waals surface area contributed by atoms with Gasteiger partial charge in [-0.2, -0.15) is 5.10 Å². The lowest BCUT2D eigenvalue weighted by atomic mass is 10.1. The molecule has 0 aliphatic heterocycles. The van der Waals surface area contributed by atoms with Crippen LogP contribution in [-0.4, -0.2) is 27.7 Å². The minimum atomic E-state index is -0.487. The number of carbonyl (C=O) groups excluding carboxylic acids is 1. The minimum Gasteiger partial charge on any atom is -0.380 e. The predicted octanol–water partition coefficient (Wildman–Crippen LogP) is 4.84. The zero-order chi connectivity index (χ0) is 22.1. The summed E-state index contributed by atoms with van der Waals surface area (Å²) in [5.41, 5.74) is 1.63. The number of thiophene rings is 1. The Labute approximate surface area is 180 Å². The van der Waals surface area contributed by atoms with E-state index >= 15 is 0 Å². The molecule has 1 N–H and O–H groups in total. The van der Waals surface area contributed by atoms with Crippen molar-refractivity contribution in [1.82, 2.24) is 9.78 Å². The van der Waals surface area contributed by atoms with Gasteiger partial charge in [0, 0.05) is 41.0 Å². The molecule has 0 spiro atoms. The molecule has 4 rings (SSSR count). The van der Waals surface area contributed by atoms with Crippen LogP contribution in [-0.2, 0) is 11.3 Å². The van der Waals surface area contributed by atoms with Crippen LogP contribution >= 0.6 is 11.3 Å². The van der Waals surface area contributed by atoms with Crippen LogP contribution in [0.3, 0.4) is 0 Å². The summed E-state index contributed by atoms with van der Waals surface area (Å²) in [4.78, 5) is 23.9. The summed E-state index contributed by atoms with van der Waals surface area (Å²) in [6.07, 6.45) is 0. The first-order valence-corrected chi connectivity index (χ1v) is 10.0. The highest BCUT2D eigenvalue weighted by Gasteiger charge is 2.22. The number of carbonyl (C=O) groups is 1. The molecule has 8 nitrogen and oxygen atoms in total. The smallest absolute Gasteiger partial charge is 0.269 e. The third kappa shape index (κ3) is 3.90. The average Bonchev–Trinajstić information content (AvgIpc) is 3.29. The number of nitro groups is 1. The normalized spacial score (nSPS) is 11.1. The van der Waals surface area contributed by atoms with Gasteiger partial charge < -0.3 is 10.1 Å². The number of nitrogens with one attached hydrogen (secondary N) is 1. The molecule has 0 fully saturated rings. The molecule has 0 saturated heterocycles. The van der Waals surface area contributed by atoms with Crippen LogP contribution in [0.25, 0.3) is 15.8 Å². The highest BCUT2D eigenvalue weighted by Crippen LogP contribution is 2.34. The van der Waals surface area contributed by atoms with Crippen LogP contribution in [0.2, 0.25) is 0 Å². The standard InChI is InChI=1S/C21H17FN4O4S/c1-12-10-18(25(24-12)13-6-8-14(9-7-13)26(28)29)23-21(27)20-15(11-30-2)19-16(22)4-3-5-17(19)31-20/h3-10H,11H2,1-2H3,(H,23,27). The summed E-state index contributed by atoms with van der Waals surface area (Å²) in [5.74, 6) is -0.444. The maximum atomic E-state index is 14.4. The number of aromatic nitrogens is 2. The van der Waals surface area contributed by atoms with Gasteiger partial charge in [-0.15, -0.1) is 11.3 Å². The van der Waals surface area contributed by atoms with Crippen molar-refractivity contribution in [2.24, 2.45) is 0 Å². The number of nitro benzene ring substituents is 1. The van der Waals surface area contributed by atoms with Crippen molar-refractivity contribution in [3.63, 3.8) is 0 Å². The van der Waals surface area contributed by atoms with E-state index in [2.05, 4.69) is 10.4 Å². The first-order valence-electron chi connectivity index (χ1n) is 9.20. The van der Waals surface area contributed by atoms with E-state index < -0.39 is 16.6 Å². The highest BCUT2D eigenvalue weighted by atomic mass is 32.1. The number of nitrogens with zero attached hydrogens (tertiary/aromatic N) is 3. The molecule has 0 unspecified atom stereocenters. The third-order valence-electron chi connectivity index (χ3n) is 4.64. The van der Waals surface area contributed by atoms with E-state index in [0.29, 0.717) is 37.7 Å². The second-order valence-corrected chi connectivity index (χ2v) is 7.82. The Hall–Kier alpha value is -3.63. The number of halogens is 1.